The van der Waals surface area contributed by atoms with Crippen molar-refractivity contribution in [1.82, 2.24) is 5.32 Å². The number of amides is 2. The van der Waals surface area contributed by atoms with Crippen LogP contribution in [0.1, 0.15) is 12.0 Å². The lowest BCUT2D eigenvalue weighted by atomic mass is 10.1. The summed E-state index contributed by atoms with van der Waals surface area (Å²) in [4.78, 5) is 23.6. The molecule has 0 aromatic heterocycles. The van der Waals surface area contributed by atoms with Crippen LogP contribution in [0.3, 0.4) is 0 Å². The second-order valence-corrected chi connectivity index (χ2v) is 6.42. The quantitative estimate of drug-likeness (QED) is 0.727. The molecule has 2 amide bonds. The normalized spacial score (nSPS) is 10.3. The van der Waals surface area contributed by atoms with Crippen molar-refractivity contribution in [3.05, 3.63) is 63.1 Å². The van der Waals surface area contributed by atoms with Gasteiger partial charge in [0.2, 0.25) is 11.8 Å². The number of nitrogens with one attached hydrogen (secondary N) is 2. The van der Waals surface area contributed by atoms with Crippen LogP contribution in [0.5, 0.6) is 0 Å². The Bertz CT molecular complexity index is 713. The summed E-state index contributed by atoms with van der Waals surface area (Å²) in [7, 11) is 0. The number of rotatable bonds is 6. The van der Waals surface area contributed by atoms with Crippen molar-refractivity contribution in [1.29, 1.82) is 0 Å². The highest BCUT2D eigenvalue weighted by molar-refractivity contribution is 6.35. The van der Waals surface area contributed by atoms with Crippen LogP contribution in [0.4, 0.5) is 5.69 Å². The molecular weight excluding hydrogens is 371 g/mol. The first-order chi connectivity index (χ1) is 11.4. The van der Waals surface area contributed by atoms with Gasteiger partial charge in [0, 0.05) is 27.3 Å². The zero-order valence-corrected chi connectivity index (χ0v) is 14.9. The first-order valence-electron chi connectivity index (χ1n) is 7.19. The van der Waals surface area contributed by atoms with Gasteiger partial charge in [-0.25, -0.2) is 0 Å². The fourth-order valence-electron chi connectivity index (χ4n) is 2.04. The molecule has 0 radical (unpaired) electrons. The summed E-state index contributed by atoms with van der Waals surface area (Å²) in [6, 6.07) is 12.1. The Kier molecular flexibility index (Phi) is 6.91. The molecule has 126 valence electrons. The molecule has 0 saturated heterocycles. The molecule has 0 aliphatic rings. The molecule has 0 aliphatic carbocycles. The van der Waals surface area contributed by atoms with Crippen molar-refractivity contribution in [2.24, 2.45) is 0 Å². The first kappa shape index (κ1) is 18.6. The number of benzene rings is 2. The Balaban J connectivity index is 1.75. The van der Waals surface area contributed by atoms with Crippen molar-refractivity contribution < 1.29 is 9.59 Å². The van der Waals surface area contributed by atoms with Crippen molar-refractivity contribution in [3.63, 3.8) is 0 Å². The van der Waals surface area contributed by atoms with Crippen LogP contribution in [-0.4, -0.2) is 18.4 Å². The molecular formula is C17H15Cl3N2O2. The SMILES string of the molecule is O=C(CC(=O)Nc1cc(Cl)cc(Cl)c1)NCCc1ccc(Cl)cc1. The largest absolute Gasteiger partial charge is 0.355 e. The van der Waals surface area contributed by atoms with E-state index in [4.69, 9.17) is 34.8 Å². The topological polar surface area (TPSA) is 58.2 Å². The number of hydrogen-bond acceptors (Lipinski definition) is 2. The molecule has 2 N–H and O–H groups in total. The number of halogens is 3. The van der Waals surface area contributed by atoms with Crippen LogP contribution in [-0.2, 0) is 16.0 Å². The Labute approximate surface area is 155 Å². The number of carbonyl (C=O) groups is 2. The molecule has 2 aromatic carbocycles. The minimum absolute atomic E-state index is 0.273. The molecule has 4 nitrogen and oxygen atoms in total. The van der Waals surface area contributed by atoms with Gasteiger partial charge in [0.15, 0.2) is 0 Å². The van der Waals surface area contributed by atoms with Gasteiger partial charge >= 0.3 is 0 Å². The summed E-state index contributed by atoms with van der Waals surface area (Å²) in [6.07, 6.45) is 0.388. The molecule has 0 saturated carbocycles. The van der Waals surface area contributed by atoms with E-state index in [0.717, 1.165) is 5.56 Å². The zero-order valence-electron chi connectivity index (χ0n) is 12.6. The number of anilines is 1. The van der Waals surface area contributed by atoms with E-state index in [1.165, 1.54) is 0 Å². The van der Waals surface area contributed by atoms with E-state index < -0.39 is 5.91 Å². The third-order valence-electron chi connectivity index (χ3n) is 3.12. The van der Waals surface area contributed by atoms with E-state index in [-0.39, 0.29) is 12.3 Å². The highest BCUT2D eigenvalue weighted by Gasteiger charge is 2.10. The summed E-state index contributed by atoms with van der Waals surface area (Å²) >= 11 is 17.5. The lowest BCUT2D eigenvalue weighted by Gasteiger charge is -2.08. The monoisotopic (exact) mass is 384 g/mol. The Hall–Kier alpha value is -1.75. The third-order valence-corrected chi connectivity index (χ3v) is 3.80. The zero-order chi connectivity index (χ0) is 17.5. The molecule has 0 bridgehead atoms. The summed E-state index contributed by atoms with van der Waals surface area (Å²) < 4.78 is 0. The first-order valence-corrected chi connectivity index (χ1v) is 8.33. The predicted octanol–water partition coefficient (Wildman–Crippen LogP) is 4.33. The van der Waals surface area contributed by atoms with Gasteiger partial charge in [-0.05, 0) is 42.3 Å². The van der Waals surface area contributed by atoms with Crippen LogP contribution in [0.15, 0.2) is 42.5 Å². The van der Waals surface area contributed by atoms with Crippen molar-refractivity contribution >= 4 is 52.3 Å². The molecule has 2 rings (SSSR count). The minimum Gasteiger partial charge on any atom is -0.355 e. The van der Waals surface area contributed by atoms with Crippen molar-refractivity contribution in [2.75, 3.05) is 11.9 Å². The van der Waals surface area contributed by atoms with Gasteiger partial charge < -0.3 is 10.6 Å². The fourth-order valence-corrected chi connectivity index (χ4v) is 2.69. The van der Waals surface area contributed by atoms with E-state index in [0.29, 0.717) is 33.7 Å². The summed E-state index contributed by atoms with van der Waals surface area (Å²) in [5, 5.41) is 6.77. The predicted molar refractivity (Wildman–Crippen MR) is 97.9 cm³/mol. The average Bonchev–Trinajstić information content (AvgIpc) is 2.48. The van der Waals surface area contributed by atoms with Crippen LogP contribution < -0.4 is 10.6 Å². The summed E-state index contributed by atoms with van der Waals surface area (Å²) in [5.41, 5.74) is 1.50. The maximum absolute atomic E-state index is 11.8. The lowest BCUT2D eigenvalue weighted by Crippen LogP contribution is -2.29. The molecule has 24 heavy (non-hydrogen) atoms. The smallest absolute Gasteiger partial charge is 0.233 e. The fraction of sp³-hybridized carbons (Fsp3) is 0.176. The van der Waals surface area contributed by atoms with Crippen LogP contribution in [0, 0.1) is 0 Å². The Morgan fingerprint density at radius 2 is 1.46 bits per heavy atom. The second-order valence-electron chi connectivity index (χ2n) is 5.11. The molecule has 0 unspecified atom stereocenters. The molecule has 2 aromatic rings. The molecule has 0 atom stereocenters. The van der Waals surface area contributed by atoms with Crippen LogP contribution >= 0.6 is 34.8 Å². The summed E-state index contributed by atoms with van der Waals surface area (Å²) in [5.74, 6) is -0.785. The Morgan fingerprint density at radius 3 is 2.08 bits per heavy atom. The van der Waals surface area contributed by atoms with Crippen molar-refractivity contribution in [2.45, 2.75) is 12.8 Å². The van der Waals surface area contributed by atoms with E-state index in [9.17, 15) is 9.59 Å². The highest BCUT2D eigenvalue weighted by Crippen LogP contribution is 2.22. The van der Waals surface area contributed by atoms with E-state index in [1.54, 1.807) is 30.3 Å². The van der Waals surface area contributed by atoms with E-state index in [1.807, 2.05) is 12.1 Å². The van der Waals surface area contributed by atoms with Gasteiger partial charge in [-0.3, -0.25) is 9.59 Å². The summed E-state index contributed by atoms with van der Waals surface area (Å²) in [6.45, 7) is 0.441. The minimum atomic E-state index is -0.433. The van der Waals surface area contributed by atoms with Gasteiger partial charge in [-0.2, -0.15) is 0 Å². The van der Waals surface area contributed by atoms with Crippen molar-refractivity contribution in [3.8, 4) is 0 Å². The third kappa shape index (κ3) is 6.40. The number of hydrogen-bond donors (Lipinski definition) is 2. The van der Waals surface area contributed by atoms with E-state index in [2.05, 4.69) is 10.6 Å². The standard InChI is InChI=1S/C17H15Cl3N2O2/c18-12-3-1-11(2-4-12)5-6-21-16(23)10-17(24)22-15-8-13(19)7-14(20)9-15/h1-4,7-9H,5-6,10H2,(H,21,23)(H,22,24). The average molecular weight is 386 g/mol. The van der Waals surface area contributed by atoms with Gasteiger partial charge in [0.1, 0.15) is 6.42 Å². The van der Waals surface area contributed by atoms with Crippen LogP contribution in [0.25, 0.3) is 0 Å². The second kappa shape index (κ2) is 8.92. The van der Waals surface area contributed by atoms with Gasteiger partial charge in [-0.15, -0.1) is 0 Å². The molecule has 0 fully saturated rings. The number of carbonyl (C=O) groups excluding carboxylic acids is 2. The maximum Gasteiger partial charge on any atom is 0.233 e. The molecule has 7 heteroatoms. The van der Waals surface area contributed by atoms with Crippen LogP contribution in [0.2, 0.25) is 15.1 Å². The van der Waals surface area contributed by atoms with Gasteiger partial charge in [-0.1, -0.05) is 46.9 Å². The maximum atomic E-state index is 11.8. The molecule has 0 heterocycles. The van der Waals surface area contributed by atoms with E-state index >= 15 is 0 Å². The Morgan fingerprint density at radius 1 is 0.833 bits per heavy atom. The molecule has 0 spiro atoms. The lowest BCUT2D eigenvalue weighted by molar-refractivity contribution is -0.126. The van der Waals surface area contributed by atoms with Gasteiger partial charge in [0.05, 0.1) is 0 Å². The molecule has 0 aliphatic heterocycles. The van der Waals surface area contributed by atoms with Gasteiger partial charge in [0.25, 0.3) is 0 Å². The highest BCUT2D eigenvalue weighted by atomic mass is 35.5.